The maximum absolute atomic E-state index is 9.33. The fraction of sp³-hybridized carbons (Fsp3) is 1.00. The second kappa shape index (κ2) is 16.0. The number of unbranched alkanes of at least 4 members (excludes halogenated alkanes) is 9. The van der Waals surface area contributed by atoms with Gasteiger partial charge in [-0.1, -0.05) is 71.6 Å². The molecular formula is C19H41NO4S. The van der Waals surface area contributed by atoms with Crippen molar-refractivity contribution >= 4 is 10.4 Å². The van der Waals surface area contributed by atoms with Crippen LogP contribution in [-0.2, 0) is 14.6 Å². The Kier molecular flexibility index (Phi) is 15.9. The van der Waals surface area contributed by atoms with E-state index in [-0.39, 0.29) is 0 Å². The van der Waals surface area contributed by atoms with Gasteiger partial charge < -0.3 is 4.90 Å². The van der Waals surface area contributed by atoms with Crippen molar-refractivity contribution in [2.45, 2.75) is 90.9 Å². The van der Waals surface area contributed by atoms with Crippen molar-refractivity contribution in [3.05, 3.63) is 0 Å². The molecule has 1 aliphatic heterocycles. The lowest BCUT2D eigenvalue weighted by atomic mass is 10.00. The second-order valence-corrected chi connectivity index (χ2v) is 8.51. The van der Waals surface area contributed by atoms with Gasteiger partial charge in [0.2, 0.25) is 0 Å². The van der Waals surface area contributed by atoms with Crippen LogP contribution in [0.4, 0.5) is 0 Å². The minimum Gasteiger partial charge on any atom is -0.303 e. The van der Waals surface area contributed by atoms with Crippen LogP contribution >= 0.6 is 0 Å². The number of nitrogens with zero attached hydrogens (tertiary/aromatic N) is 1. The van der Waals surface area contributed by atoms with Crippen LogP contribution in [0.5, 0.6) is 0 Å². The van der Waals surface area contributed by atoms with Gasteiger partial charge >= 0.3 is 10.4 Å². The fourth-order valence-corrected chi connectivity index (χ4v) is 3.31. The topological polar surface area (TPSA) is 66.8 Å². The van der Waals surface area contributed by atoms with Gasteiger partial charge in [-0.05, 0) is 38.3 Å². The molecule has 0 bridgehead atoms. The van der Waals surface area contributed by atoms with Crippen molar-refractivity contribution in [2.24, 2.45) is 5.92 Å². The molecule has 1 saturated heterocycles. The Morgan fingerprint density at radius 2 is 1.48 bits per heavy atom. The monoisotopic (exact) mass is 379 g/mol. The predicted octanol–water partition coefficient (Wildman–Crippen LogP) is 5.07. The molecule has 0 saturated carbocycles. The summed E-state index contributed by atoms with van der Waals surface area (Å²) < 4.78 is 29.7. The Hall–Kier alpha value is -0.170. The summed E-state index contributed by atoms with van der Waals surface area (Å²) in [6.07, 6.45) is 17.4. The molecule has 1 aliphatic rings. The molecule has 0 amide bonds. The molecule has 0 aromatic carbocycles. The largest absolute Gasteiger partial charge is 0.397 e. The van der Waals surface area contributed by atoms with Crippen LogP contribution in [0.25, 0.3) is 0 Å². The smallest absolute Gasteiger partial charge is 0.303 e. The minimum atomic E-state index is -4.16. The zero-order chi connectivity index (χ0) is 19.0. The van der Waals surface area contributed by atoms with Crippen LogP contribution in [0, 0.1) is 5.92 Å². The molecule has 5 nitrogen and oxygen atoms in total. The van der Waals surface area contributed by atoms with Crippen LogP contribution in [0.3, 0.4) is 0 Å². The number of hydrogen-bond acceptors (Lipinski definition) is 4. The normalized spacial score (nSPS) is 18.6. The van der Waals surface area contributed by atoms with Gasteiger partial charge in [-0.25, -0.2) is 0 Å². The van der Waals surface area contributed by atoms with Crippen LogP contribution in [0.15, 0.2) is 0 Å². The molecule has 6 heteroatoms. The molecule has 1 fully saturated rings. The SMILES string of the molecule is CCCCCCCCCCCCN1CCCC(C)C1.COS(=O)(=O)O. The summed E-state index contributed by atoms with van der Waals surface area (Å²) in [5.74, 6) is 0.942. The standard InChI is InChI=1S/C18H37N.CH4O4S/c1-3-4-5-6-7-8-9-10-11-12-15-19-16-13-14-18(2)17-19;1-5-6(2,3)4/h18H,3-17H2,1-2H3;1H3,(H,2,3,4). The zero-order valence-corrected chi connectivity index (χ0v) is 17.5. The number of rotatable bonds is 12. The van der Waals surface area contributed by atoms with Crippen LogP contribution in [0.2, 0.25) is 0 Å². The van der Waals surface area contributed by atoms with E-state index in [1.54, 1.807) is 0 Å². The summed E-state index contributed by atoms with van der Waals surface area (Å²) in [4.78, 5) is 2.69. The lowest BCUT2D eigenvalue weighted by Crippen LogP contribution is -2.34. The van der Waals surface area contributed by atoms with Crippen molar-refractivity contribution in [2.75, 3.05) is 26.7 Å². The third-order valence-corrected chi connectivity index (χ3v) is 5.20. The van der Waals surface area contributed by atoms with E-state index < -0.39 is 10.4 Å². The van der Waals surface area contributed by atoms with E-state index in [0.717, 1.165) is 13.0 Å². The van der Waals surface area contributed by atoms with E-state index in [0.29, 0.717) is 0 Å². The van der Waals surface area contributed by atoms with E-state index in [4.69, 9.17) is 4.55 Å². The predicted molar refractivity (Wildman–Crippen MR) is 105 cm³/mol. The Labute approximate surface area is 156 Å². The van der Waals surface area contributed by atoms with Gasteiger partial charge in [-0.3, -0.25) is 8.74 Å². The highest BCUT2D eigenvalue weighted by Crippen LogP contribution is 2.16. The van der Waals surface area contributed by atoms with E-state index in [1.807, 2.05) is 0 Å². The first kappa shape index (κ1) is 24.8. The van der Waals surface area contributed by atoms with Crippen molar-refractivity contribution in [3.63, 3.8) is 0 Å². The minimum absolute atomic E-state index is 0.870. The molecule has 152 valence electrons. The van der Waals surface area contributed by atoms with Crippen molar-refractivity contribution in [1.29, 1.82) is 0 Å². The van der Waals surface area contributed by atoms with Gasteiger partial charge in [-0.15, -0.1) is 0 Å². The Bertz CT molecular complexity index is 387. The first-order valence-corrected chi connectivity index (χ1v) is 11.5. The van der Waals surface area contributed by atoms with Crippen LogP contribution in [0.1, 0.15) is 90.9 Å². The van der Waals surface area contributed by atoms with Gasteiger partial charge in [0.15, 0.2) is 0 Å². The molecule has 0 aromatic rings. The van der Waals surface area contributed by atoms with Crippen LogP contribution in [-0.4, -0.2) is 44.6 Å². The average molecular weight is 380 g/mol. The molecule has 1 rings (SSSR count). The summed E-state index contributed by atoms with van der Waals surface area (Å²) in [6.45, 7) is 8.79. The lowest BCUT2D eigenvalue weighted by Gasteiger charge is -2.30. The number of hydrogen-bond donors (Lipinski definition) is 1. The zero-order valence-electron chi connectivity index (χ0n) is 16.7. The van der Waals surface area contributed by atoms with Crippen LogP contribution < -0.4 is 0 Å². The van der Waals surface area contributed by atoms with Gasteiger partial charge in [-0.2, -0.15) is 8.42 Å². The first-order chi connectivity index (χ1) is 11.9. The van der Waals surface area contributed by atoms with E-state index in [2.05, 4.69) is 22.9 Å². The van der Waals surface area contributed by atoms with Crippen molar-refractivity contribution in [3.8, 4) is 0 Å². The molecule has 1 unspecified atom stereocenters. The maximum Gasteiger partial charge on any atom is 0.397 e. The molecular weight excluding hydrogens is 338 g/mol. The third-order valence-electron chi connectivity index (χ3n) is 4.78. The highest BCUT2D eigenvalue weighted by atomic mass is 32.3. The summed E-state index contributed by atoms with van der Waals surface area (Å²) >= 11 is 0. The number of piperidine rings is 1. The Balaban J connectivity index is 0.000000823. The molecule has 1 N–H and O–H groups in total. The highest BCUT2D eigenvalue weighted by Gasteiger charge is 2.14. The molecule has 0 aromatic heterocycles. The maximum atomic E-state index is 9.33. The lowest BCUT2D eigenvalue weighted by molar-refractivity contribution is 0.180. The molecule has 1 heterocycles. The quantitative estimate of drug-likeness (QED) is 0.378. The summed E-state index contributed by atoms with van der Waals surface area (Å²) in [5, 5.41) is 0. The average Bonchev–Trinajstić information content (AvgIpc) is 2.56. The number of likely N-dealkylation sites (tertiary alicyclic amines) is 1. The van der Waals surface area contributed by atoms with Crippen molar-refractivity contribution < 1.29 is 17.2 Å². The highest BCUT2D eigenvalue weighted by molar-refractivity contribution is 7.80. The summed E-state index contributed by atoms with van der Waals surface area (Å²) in [5.41, 5.74) is 0. The molecule has 0 aliphatic carbocycles. The molecule has 25 heavy (non-hydrogen) atoms. The fourth-order valence-electron chi connectivity index (χ4n) is 3.31. The second-order valence-electron chi connectivity index (χ2n) is 7.32. The van der Waals surface area contributed by atoms with Crippen molar-refractivity contribution in [1.82, 2.24) is 4.90 Å². The van der Waals surface area contributed by atoms with E-state index in [9.17, 15) is 8.42 Å². The Morgan fingerprint density at radius 1 is 1.00 bits per heavy atom. The van der Waals surface area contributed by atoms with Gasteiger partial charge in [0.1, 0.15) is 0 Å². The van der Waals surface area contributed by atoms with Gasteiger partial charge in [0.25, 0.3) is 0 Å². The summed E-state index contributed by atoms with van der Waals surface area (Å²) in [6, 6.07) is 0. The van der Waals surface area contributed by atoms with Gasteiger partial charge in [0.05, 0.1) is 7.11 Å². The third kappa shape index (κ3) is 18.4. The first-order valence-electron chi connectivity index (χ1n) is 10.1. The Morgan fingerprint density at radius 3 is 1.92 bits per heavy atom. The van der Waals surface area contributed by atoms with E-state index >= 15 is 0 Å². The van der Waals surface area contributed by atoms with Gasteiger partial charge in [0, 0.05) is 6.54 Å². The summed E-state index contributed by atoms with van der Waals surface area (Å²) in [7, 11) is -3.29. The molecule has 0 spiro atoms. The van der Waals surface area contributed by atoms with E-state index in [1.165, 1.54) is 96.7 Å². The molecule has 1 atom stereocenters. The molecule has 0 radical (unpaired) electrons.